The van der Waals surface area contributed by atoms with Gasteiger partial charge >= 0.3 is 0 Å². The van der Waals surface area contributed by atoms with Crippen molar-refractivity contribution in [2.24, 2.45) is 0 Å². The fourth-order valence-corrected chi connectivity index (χ4v) is 3.26. The molecule has 0 fully saturated rings. The van der Waals surface area contributed by atoms with E-state index in [2.05, 4.69) is 15.3 Å². The number of halogens is 2. The number of hydrogen-bond donors (Lipinski definition) is 1. The molecule has 0 bridgehead atoms. The number of anilines is 1. The maximum atomic E-state index is 13.0. The van der Waals surface area contributed by atoms with Crippen molar-refractivity contribution >= 4 is 45.9 Å². The van der Waals surface area contributed by atoms with Crippen LogP contribution in [0.25, 0.3) is 10.9 Å². The van der Waals surface area contributed by atoms with Gasteiger partial charge in [0.2, 0.25) is 5.91 Å². The van der Waals surface area contributed by atoms with Crippen molar-refractivity contribution in [1.82, 2.24) is 9.97 Å². The molecule has 0 spiro atoms. The summed E-state index contributed by atoms with van der Waals surface area (Å²) in [4.78, 5) is 20.9. The molecule has 4 nitrogen and oxygen atoms in total. The Labute approximate surface area is 147 Å². The normalized spacial score (nSPS) is 10.8. The molecule has 7 heteroatoms. The number of thioether (sulfide) groups is 1. The predicted octanol–water partition coefficient (Wildman–Crippen LogP) is 4.46. The van der Waals surface area contributed by atoms with Gasteiger partial charge in [-0.2, -0.15) is 0 Å². The second-order valence-electron chi connectivity index (χ2n) is 5.05. The van der Waals surface area contributed by atoms with Gasteiger partial charge in [-0.15, -0.1) is 0 Å². The molecule has 1 aromatic heterocycles. The number of amides is 1. The van der Waals surface area contributed by atoms with E-state index >= 15 is 0 Å². The van der Waals surface area contributed by atoms with Gasteiger partial charge in [0, 0.05) is 5.39 Å². The molecule has 122 valence electrons. The third-order valence-electron chi connectivity index (χ3n) is 3.23. The lowest BCUT2D eigenvalue weighted by atomic mass is 10.2. The molecule has 24 heavy (non-hydrogen) atoms. The molecule has 3 aromatic rings. The number of aromatic nitrogens is 2. The summed E-state index contributed by atoms with van der Waals surface area (Å²) in [6.07, 6.45) is 0. The first-order valence-corrected chi connectivity index (χ1v) is 8.50. The zero-order chi connectivity index (χ0) is 17.1. The summed E-state index contributed by atoms with van der Waals surface area (Å²) in [6.45, 7) is 1.81. The maximum Gasteiger partial charge on any atom is 0.234 e. The fourth-order valence-electron chi connectivity index (χ4n) is 2.18. The van der Waals surface area contributed by atoms with Gasteiger partial charge in [0.25, 0.3) is 0 Å². The van der Waals surface area contributed by atoms with Crippen LogP contribution in [0.4, 0.5) is 10.1 Å². The van der Waals surface area contributed by atoms with E-state index in [1.165, 1.54) is 23.9 Å². The third kappa shape index (κ3) is 3.83. The van der Waals surface area contributed by atoms with Crippen LogP contribution in [0.15, 0.2) is 47.5 Å². The molecule has 1 amide bonds. The van der Waals surface area contributed by atoms with Gasteiger partial charge in [0.05, 0.1) is 22.0 Å². The van der Waals surface area contributed by atoms with Gasteiger partial charge in [0.1, 0.15) is 16.7 Å². The van der Waals surface area contributed by atoms with Crippen molar-refractivity contribution < 1.29 is 9.18 Å². The van der Waals surface area contributed by atoms with E-state index in [1.54, 1.807) is 0 Å². The second kappa shape index (κ2) is 7.15. The monoisotopic (exact) mass is 361 g/mol. The molecule has 0 saturated heterocycles. The van der Waals surface area contributed by atoms with Crippen molar-refractivity contribution in [3.63, 3.8) is 0 Å². The molecule has 0 atom stereocenters. The predicted molar refractivity (Wildman–Crippen MR) is 95.0 cm³/mol. The minimum absolute atomic E-state index is 0.161. The van der Waals surface area contributed by atoms with E-state index in [0.29, 0.717) is 11.5 Å². The number of para-hydroxylation sites is 1. The van der Waals surface area contributed by atoms with Gasteiger partial charge in [-0.3, -0.25) is 4.79 Å². The number of nitrogens with one attached hydrogen (secondary N) is 1. The Balaban J connectivity index is 1.73. The average molecular weight is 362 g/mol. The molecule has 0 saturated carbocycles. The SMILES string of the molecule is Cc1nc(SCC(=O)Nc2ccc(F)cc2Cl)c2ccccc2n1. The van der Waals surface area contributed by atoms with Gasteiger partial charge in [-0.1, -0.05) is 41.6 Å². The number of benzene rings is 2. The lowest BCUT2D eigenvalue weighted by Crippen LogP contribution is -2.14. The molecule has 1 N–H and O–H groups in total. The maximum absolute atomic E-state index is 13.0. The van der Waals surface area contributed by atoms with Crippen molar-refractivity contribution in [2.45, 2.75) is 11.9 Å². The van der Waals surface area contributed by atoms with Crippen molar-refractivity contribution in [3.05, 3.63) is 59.1 Å². The Hall–Kier alpha value is -2.18. The van der Waals surface area contributed by atoms with Crippen LogP contribution in [0.3, 0.4) is 0 Å². The van der Waals surface area contributed by atoms with Crippen LogP contribution < -0.4 is 5.32 Å². The highest BCUT2D eigenvalue weighted by molar-refractivity contribution is 8.00. The van der Waals surface area contributed by atoms with Crippen LogP contribution in [-0.4, -0.2) is 21.6 Å². The molecule has 2 aromatic carbocycles. The molecule has 0 aliphatic carbocycles. The van der Waals surface area contributed by atoms with Crippen LogP contribution in [0, 0.1) is 12.7 Å². The highest BCUT2D eigenvalue weighted by atomic mass is 35.5. The number of fused-ring (bicyclic) bond motifs is 1. The molecule has 3 rings (SSSR count). The Morgan fingerprint density at radius 3 is 2.83 bits per heavy atom. The van der Waals surface area contributed by atoms with Gasteiger partial charge < -0.3 is 5.32 Å². The van der Waals surface area contributed by atoms with E-state index < -0.39 is 5.82 Å². The highest BCUT2D eigenvalue weighted by Gasteiger charge is 2.11. The Morgan fingerprint density at radius 1 is 1.25 bits per heavy atom. The highest BCUT2D eigenvalue weighted by Crippen LogP contribution is 2.26. The molecule has 0 unspecified atom stereocenters. The number of aryl methyl sites for hydroxylation is 1. The smallest absolute Gasteiger partial charge is 0.234 e. The lowest BCUT2D eigenvalue weighted by molar-refractivity contribution is -0.113. The molecule has 1 heterocycles. The van der Waals surface area contributed by atoms with Crippen molar-refractivity contribution in [1.29, 1.82) is 0 Å². The topological polar surface area (TPSA) is 54.9 Å². The number of nitrogens with zero attached hydrogens (tertiary/aromatic N) is 2. The van der Waals surface area contributed by atoms with E-state index in [0.717, 1.165) is 22.0 Å². The van der Waals surface area contributed by atoms with Crippen LogP contribution in [-0.2, 0) is 4.79 Å². The third-order valence-corrected chi connectivity index (χ3v) is 4.53. The number of carbonyl (C=O) groups is 1. The molecule has 0 aliphatic rings. The zero-order valence-electron chi connectivity index (χ0n) is 12.7. The second-order valence-corrected chi connectivity index (χ2v) is 6.43. The summed E-state index contributed by atoms with van der Waals surface area (Å²) in [7, 11) is 0. The van der Waals surface area contributed by atoms with Gasteiger partial charge in [-0.25, -0.2) is 14.4 Å². The summed E-state index contributed by atoms with van der Waals surface area (Å²) >= 11 is 7.23. The molecular formula is C17H13ClFN3OS. The van der Waals surface area contributed by atoms with Crippen LogP contribution in [0.2, 0.25) is 5.02 Å². The van der Waals surface area contributed by atoms with Crippen LogP contribution in [0.1, 0.15) is 5.82 Å². The van der Waals surface area contributed by atoms with E-state index in [4.69, 9.17) is 11.6 Å². The van der Waals surface area contributed by atoms with Gasteiger partial charge in [0.15, 0.2) is 0 Å². The first kappa shape index (κ1) is 16.7. The lowest BCUT2D eigenvalue weighted by Gasteiger charge is -2.08. The van der Waals surface area contributed by atoms with E-state index in [9.17, 15) is 9.18 Å². The summed E-state index contributed by atoms with van der Waals surface area (Å²) < 4.78 is 13.0. The zero-order valence-corrected chi connectivity index (χ0v) is 14.3. The first-order valence-electron chi connectivity index (χ1n) is 7.14. The fraction of sp³-hybridized carbons (Fsp3) is 0.118. The molecular weight excluding hydrogens is 349 g/mol. The standard InChI is InChI=1S/C17H13ClFN3OS/c1-10-20-14-5-3-2-4-12(14)17(21-10)24-9-16(23)22-15-7-6-11(19)8-13(15)18/h2-8H,9H2,1H3,(H,22,23). The summed E-state index contributed by atoms with van der Waals surface area (Å²) in [5, 5.41) is 4.48. The van der Waals surface area contributed by atoms with E-state index in [-0.39, 0.29) is 16.7 Å². The molecule has 0 radical (unpaired) electrons. The largest absolute Gasteiger partial charge is 0.324 e. The number of hydrogen-bond acceptors (Lipinski definition) is 4. The average Bonchev–Trinajstić information content (AvgIpc) is 2.55. The Kier molecular flexibility index (Phi) is 4.97. The first-order chi connectivity index (χ1) is 11.5. The summed E-state index contributed by atoms with van der Waals surface area (Å²) in [5.41, 5.74) is 1.22. The Bertz CT molecular complexity index is 919. The Morgan fingerprint density at radius 2 is 2.04 bits per heavy atom. The quantitative estimate of drug-likeness (QED) is 0.550. The summed E-state index contributed by atoms with van der Waals surface area (Å²) in [5.74, 6) is 0.121. The minimum atomic E-state index is -0.449. The van der Waals surface area contributed by atoms with Crippen LogP contribution in [0.5, 0.6) is 0 Å². The summed E-state index contributed by atoms with van der Waals surface area (Å²) in [6, 6.07) is 11.5. The number of carbonyl (C=O) groups excluding carboxylic acids is 1. The van der Waals surface area contributed by atoms with Crippen molar-refractivity contribution in [3.8, 4) is 0 Å². The van der Waals surface area contributed by atoms with Crippen LogP contribution >= 0.6 is 23.4 Å². The number of rotatable bonds is 4. The minimum Gasteiger partial charge on any atom is -0.324 e. The van der Waals surface area contributed by atoms with Gasteiger partial charge in [-0.05, 0) is 31.2 Å². The molecule has 0 aliphatic heterocycles. The van der Waals surface area contributed by atoms with E-state index in [1.807, 2.05) is 31.2 Å². The van der Waals surface area contributed by atoms with Crippen molar-refractivity contribution in [2.75, 3.05) is 11.1 Å².